The molecular weight excluding hydrogens is 168 g/mol. The number of nitrogens with zero attached hydrogens (tertiary/aromatic N) is 1. The second-order valence-electron chi connectivity index (χ2n) is 1.47. The molecule has 0 amide bonds. The number of aromatic amines is 1. The van der Waals surface area contributed by atoms with Crippen molar-refractivity contribution in [1.29, 1.82) is 0 Å². The van der Waals surface area contributed by atoms with Gasteiger partial charge in [-0.2, -0.15) is 5.10 Å². The first-order chi connectivity index (χ1) is 3.84. The minimum absolute atomic E-state index is 0.875. The van der Waals surface area contributed by atoms with Crippen LogP contribution in [0.1, 0.15) is 12.5 Å². The highest BCUT2D eigenvalue weighted by molar-refractivity contribution is 9.10. The second kappa shape index (κ2) is 2.31. The Morgan fingerprint density at radius 3 is 2.88 bits per heavy atom. The van der Waals surface area contributed by atoms with E-state index in [1.54, 1.807) is 0 Å². The zero-order valence-corrected chi connectivity index (χ0v) is 6.12. The molecule has 43 valence electrons. The Morgan fingerprint density at radius 1 is 1.88 bits per heavy atom. The van der Waals surface area contributed by atoms with Gasteiger partial charge in [-0.1, -0.05) is 6.92 Å². The lowest BCUT2D eigenvalue weighted by Gasteiger charge is -1.82. The van der Waals surface area contributed by atoms with Crippen molar-refractivity contribution in [3.63, 3.8) is 0 Å². The summed E-state index contributed by atoms with van der Waals surface area (Å²) in [5.74, 6) is 0. The Balaban J connectivity index is 2.92. The molecule has 1 rings (SSSR count). The smallest absolute Gasteiger partial charge is 0.131 e. The fraction of sp³-hybridized carbons (Fsp3) is 0.400. The molecule has 0 spiro atoms. The van der Waals surface area contributed by atoms with Crippen LogP contribution in [0.3, 0.4) is 0 Å². The first-order valence-corrected chi connectivity index (χ1v) is 3.24. The molecule has 1 radical (unpaired) electrons. The molecule has 1 aromatic rings. The molecule has 8 heavy (non-hydrogen) atoms. The monoisotopic (exact) mass is 173 g/mol. The third-order valence-corrected chi connectivity index (χ3v) is 1.62. The van der Waals surface area contributed by atoms with Gasteiger partial charge in [-0.15, -0.1) is 0 Å². The molecule has 0 fully saturated rings. The van der Waals surface area contributed by atoms with E-state index in [1.807, 2.05) is 0 Å². The summed E-state index contributed by atoms with van der Waals surface area (Å²) in [5.41, 5.74) is 1.10. The van der Waals surface area contributed by atoms with Gasteiger partial charge < -0.3 is 0 Å². The molecule has 1 N–H and O–H groups in total. The van der Waals surface area contributed by atoms with E-state index in [1.165, 1.54) is 0 Å². The lowest BCUT2D eigenvalue weighted by Crippen LogP contribution is -1.73. The minimum atomic E-state index is 0.875. The van der Waals surface area contributed by atoms with Gasteiger partial charge in [0.2, 0.25) is 0 Å². The second-order valence-corrected chi connectivity index (χ2v) is 2.22. The summed E-state index contributed by atoms with van der Waals surface area (Å²) in [6, 6.07) is 0. The Morgan fingerprint density at radius 2 is 2.62 bits per heavy atom. The van der Waals surface area contributed by atoms with Gasteiger partial charge >= 0.3 is 0 Å². The quantitative estimate of drug-likeness (QED) is 0.687. The standard InChI is InChI=1S/C5H6BrN2/c1-2-4-3-7-8-5(4)6/h2H2,1H3,(H,7,8). The third kappa shape index (κ3) is 0.916. The first kappa shape index (κ1) is 5.82. The highest BCUT2D eigenvalue weighted by Gasteiger charge is 1.96. The van der Waals surface area contributed by atoms with E-state index < -0.39 is 0 Å². The van der Waals surface area contributed by atoms with Crippen LogP contribution < -0.4 is 0 Å². The molecule has 1 aromatic heterocycles. The molecule has 0 saturated heterocycles. The summed E-state index contributed by atoms with van der Waals surface area (Å²) < 4.78 is 0.875. The van der Waals surface area contributed by atoms with E-state index in [-0.39, 0.29) is 0 Å². The lowest BCUT2D eigenvalue weighted by molar-refractivity contribution is 1.06. The van der Waals surface area contributed by atoms with Crippen LogP contribution in [0.15, 0.2) is 4.60 Å². The van der Waals surface area contributed by atoms with E-state index in [2.05, 4.69) is 39.2 Å². The molecule has 0 aromatic carbocycles. The number of rotatable bonds is 1. The molecular formula is C5H6BrN2. The number of H-pyrrole nitrogens is 1. The van der Waals surface area contributed by atoms with Crippen molar-refractivity contribution >= 4 is 15.9 Å². The van der Waals surface area contributed by atoms with Crippen molar-refractivity contribution in [3.05, 3.63) is 16.4 Å². The summed E-state index contributed by atoms with van der Waals surface area (Å²) in [5, 5.41) is 6.45. The van der Waals surface area contributed by atoms with Gasteiger partial charge in [-0.25, -0.2) is 0 Å². The van der Waals surface area contributed by atoms with Crippen LogP contribution >= 0.6 is 15.9 Å². The summed E-state index contributed by atoms with van der Waals surface area (Å²) in [6.07, 6.45) is 3.84. The van der Waals surface area contributed by atoms with Crippen LogP contribution in [0.5, 0.6) is 0 Å². The van der Waals surface area contributed by atoms with Crippen molar-refractivity contribution in [3.8, 4) is 0 Å². The zero-order valence-electron chi connectivity index (χ0n) is 4.53. The summed E-state index contributed by atoms with van der Waals surface area (Å²) >= 11 is 3.25. The van der Waals surface area contributed by atoms with E-state index in [9.17, 15) is 0 Å². The molecule has 2 nitrogen and oxygen atoms in total. The van der Waals surface area contributed by atoms with E-state index in [4.69, 9.17) is 0 Å². The van der Waals surface area contributed by atoms with Crippen LogP contribution in [-0.4, -0.2) is 10.2 Å². The van der Waals surface area contributed by atoms with Gasteiger partial charge in [0.15, 0.2) is 0 Å². The largest absolute Gasteiger partial charge is 0.275 e. The molecule has 0 bridgehead atoms. The lowest BCUT2D eigenvalue weighted by atomic mass is 10.3. The van der Waals surface area contributed by atoms with Gasteiger partial charge in [-0.05, 0) is 22.4 Å². The molecule has 0 saturated carbocycles. The number of hydrogen-bond acceptors (Lipinski definition) is 1. The number of nitrogens with one attached hydrogen (secondary N) is 1. The van der Waals surface area contributed by atoms with Crippen molar-refractivity contribution < 1.29 is 0 Å². The fourth-order valence-electron chi connectivity index (χ4n) is 0.498. The Kier molecular flexibility index (Phi) is 1.68. The minimum Gasteiger partial charge on any atom is -0.275 e. The number of hydrogen-bond donors (Lipinski definition) is 1. The summed E-state index contributed by atoms with van der Waals surface area (Å²) in [6.45, 7) is 2.06. The molecule has 0 aliphatic rings. The van der Waals surface area contributed by atoms with Gasteiger partial charge in [0, 0.05) is 5.56 Å². The van der Waals surface area contributed by atoms with Gasteiger partial charge in [0.25, 0.3) is 0 Å². The predicted octanol–water partition coefficient (Wildman–Crippen LogP) is 1.53. The average molecular weight is 174 g/mol. The first-order valence-electron chi connectivity index (χ1n) is 2.45. The SMILES string of the molecule is CCc1[c][nH]nc1Br. The predicted molar refractivity (Wildman–Crippen MR) is 34.5 cm³/mol. The van der Waals surface area contributed by atoms with Crippen LogP contribution in [0.25, 0.3) is 0 Å². The average Bonchev–Trinajstić information content (AvgIpc) is 2.14. The topological polar surface area (TPSA) is 28.7 Å². The van der Waals surface area contributed by atoms with E-state index >= 15 is 0 Å². The van der Waals surface area contributed by atoms with Gasteiger partial charge in [-0.3, -0.25) is 5.10 Å². The maximum absolute atomic E-state index is 3.82. The number of halogens is 1. The molecule has 0 atom stereocenters. The summed E-state index contributed by atoms with van der Waals surface area (Å²) in [4.78, 5) is 0. The van der Waals surface area contributed by atoms with Crippen molar-refractivity contribution in [2.24, 2.45) is 0 Å². The molecule has 0 aliphatic heterocycles. The highest BCUT2D eigenvalue weighted by Crippen LogP contribution is 2.10. The zero-order chi connectivity index (χ0) is 5.98. The van der Waals surface area contributed by atoms with Crippen LogP contribution in [0, 0.1) is 6.20 Å². The van der Waals surface area contributed by atoms with Crippen molar-refractivity contribution in [1.82, 2.24) is 10.2 Å². The van der Waals surface area contributed by atoms with Gasteiger partial charge in [0.1, 0.15) is 4.60 Å². The maximum atomic E-state index is 3.82. The number of aryl methyl sites for hydroxylation is 1. The van der Waals surface area contributed by atoms with E-state index in [0.29, 0.717) is 0 Å². The fourth-order valence-corrected chi connectivity index (χ4v) is 0.966. The maximum Gasteiger partial charge on any atom is 0.131 e. The molecule has 3 heteroatoms. The normalized spacial score (nSPS) is 9.75. The van der Waals surface area contributed by atoms with Crippen molar-refractivity contribution in [2.75, 3.05) is 0 Å². The van der Waals surface area contributed by atoms with E-state index in [0.717, 1.165) is 16.6 Å². The molecule has 1 heterocycles. The van der Waals surface area contributed by atoms with Crippen LogP contribution in [0.4, 0.5) is 0 Å². The highest BCUT2D eigenvalue weighted by atomic mass is 79.9. The Bertz CT molecular complexity index is 171. The van der Waals surface area contributed by atoms with Crippen molar-refractivity contribution in [2.45, 2.75) is 13.3 Å². The van der Waals surface area contributed by atoms with Crippen LogP contribution in [-0.2, 0) is 6.42 Å². The van der Waals surface area contributed by atoms with Gasteiger partial charge in [0.05, 0.1) is 6.20 Å². The van der Waals surface area contributed by atoms with Crippen LogP contribution in [0.2, 0.25) is 0 Å². The number of aromatic nitrogens is 2. The molecule has 0 unspecified atom stereocenters. The Labute approximate surface area is 56.4 Å². The summed E-state index contributed by atoms with van der Waals surface area (Å²) in [7, 11) is 0. The third-order valence-electron chi connectivity index (χ3n) is 0.963. The Hall–Kier alpha value is -0.310. The molecule has 0 aliphatic carbocycles.